The van der Waals surface area contributed by atoms with Crippen LogP contribution in [0.3, 0.4) is 0 Å². The second-order valence-corrected chi connectivity index (χ2v) is 13.7. The first-order valence-electron chi connectivity index (χ1n) is 18.0. The smallest absolute Gasteiger partial charge is 0.404 e. The van der Waals surface area contributed by atoms with Gasteiger partial charge in [0.05, 0.1) is 12.1 Å². The van der Waals surface area contributed by atoms with Crippen molar-refractivity contribution in [2.75, 3.05) is 32.8 Å². The molecule has 3 aliphatic rings. The second kappa shape index (κ2) is 21.7. The molecule has 5 amide bonds. The number of hydrogen-bond donors (Lipinski definition) is 14. The number of carbonyl (C=O) groups excluding carboxylic acids is 5. The van der Waals surface area contributed by atoms with Crippen LogP contribution in [-0.2, 0) is 28.7 Å². The summed E-state index contributed by atoms with van der Waals surface area (Å²) in [5.41, 5.74) is 28.7. The molecule has 0 aromatic heterocycles. The van der Waals surface area contributed by atoms with E-state index in [4.69, 9.17) is 38.1 Å². The normalized spacial score (nSPS) is 28.2. The molecule has 0 aromatic rings. The first-order chi connectivity index (χ1) is 25.2. The van der Waals surface area contributed by atoms with E-state index in [1.807, 2.05) is 0 Å². The molecule has 2 saturated heterocycles. The van der Waals surface area contributed by atoms with E-state index in [1.54, 1.807) is 0 Å². The van der Waals surface area contributed by atoms with E-state index in [0.717, 1.165) is 6.42 Å². The van der Waals surface area contributed by atoms with Crippen LogP contribution in [0.1, 0.15) is 57.8 Å². The van der Waals surface area contributed by atoms with Crippen LogP contribution in [0, 0.1) is 0 Å². The summed E-state index contributed by atoms with van der Waals surface area (Å²) in [4.78, 5) is 65.0. The van der Waals surface area contributed by atoms with E-state index < -0.39 is 85.4 Å². The molecule has 0 aliphatic carbocycles. The maximum Gasteiger partial charge on any atom is 0.404 e. The van der Waals surface area contributed by atoms with Crippen molar-refractivity contribution in [3.8, 4) is 0 Å². The monoisotopic (exact) mass is 758 g/mol. The summed E-state index contributed by atoms with van der Waals surface area (Å²) >= 11 is 0. The van der Waals surface area contributed by atoms with Crippen LogP contribution in [0.2, 0.25) is 0 Å². The van der Waals surface area contributed by atoms with Gasteiger partial charge >= 0.3 is 6.09 Å². The maximum absolute atomic E-state index is 13.0. The quantitative estimate of drug-likeness (QED) is 0.0484. The lowest BCUT2D eigenvalue weighted by atomic mass is 9.95. The summed E-state index contributed by atoms with van der Waals surface area (Å²) in [6.45, 7) is 0.758. The molecule has 0 bridgehead atoms. The van der Waals surface area contributed by atoms with Crippen molar-refractivity contribution in [2.45, 2.75) is 125 Å². The van der Waals surface area contributed by atoms with Crippen LogP contribution < -0.4 is 60.6 Å². The summed E-state index contributed by atoms with van der Waals surface area (Å²) < 4.78 is 10.6. The average Bonchev–Trinajstić information content (AvgIpc) is 3.53. The Morgan fingerprint density at radius 2 is 1.45 bits per heavy atom. The van der Waals surface area contributed by atoms with E-state index >= 15 is 0 Å². The molecule has 302 valence electrons. The fourth-order valence-corrected chi connectivity index (χ4v) is 6.20. The Hall–Kier alpha value is -3.90. The number of aliphatic hydroxyl groups is 3. The van der Waals surface area contributed by atoms with Gasteiger partial charge in [-0.05, 0) is 45.1 Å². The van der Waals surface area contributed by atoms with E-state index in [-0.39, 0.29) is 49.6 Å². The summed E-state index contributed by atoms with van der Waals surface area (Å²) in [7, 11) is 0. The number of primary amides is 1. The van der Waals surface area contributed by atoms with E-state index in [9.17, 15) is 39.3 Å². The van der Waals surface area contributed by atoms with Gasteiger partial charge in [-0.15, -0.1) is 0 Å². The van der Waals surface area contributed by atoms with Crippen molar-refractivity contribution in [3.05, 3.63) is 0 Å². The number of β-amino-alcohol motifs (C(OH)–C–C–N with tert-alkyl or cyclic N) is 1. The minimum Gasteiger partial charge on any atom is -0.447 e. The number of aliphatic imine (C=N–C) groups is 1. The molecule has 3 aliphatic heterocycles. The van der Waals surface area contributed by atoms with Gasteiger partial charge in [0.1, 0.15) is 31.0 Å². The SMILES string of the molecule is NCCCC(N)CC(=O)NCCCC(N)CC(=O)NCCCC(N)CC(=O)NC1C(NC2=NC3C(=O)NCC(O)C3N2)OC(COC(N)=O)C(O)C1O. The zero-order valence-corrected chi connectivity index (χ0v) is 29.8. The molecule has 0 saturated carbocycles. The van der Waals surface area contributed by atoms with Crippen molar-refractivity contribution in [1.29, 1.82) is 0 Å². The topological polar surface area (TPSA) is 379 Å². The third kappa shape index (κ3) is 14.5. The van der Waals surface area contributed by atoms with Crippen molar-refractivity contribution in [3.63, 3.8) is 0 Å². The van der Waals surface area contributed by atoms with E-state index in [1.165, 1.54) is 0 Å². The molecule has 22 nitrogen and oxygen atoms in total. The van der Waals surface area contributed by atoms with Gasteiger partial charge in [0.2, 0.25) is 23.6 Å². The number of fused-ring (bicyclic) bond motifs is 1. The highest BCUT2D eigenvalue weighted by molar-refractivity contribution is 5.92. The maximum atomic E-state index is 13.0. The molecule has 0 spiro atoms. The lowest BCUT2D eigenvalue weighted by molar-refractivity contribution is -0.198. The minimum absolute atomic E-state index is 0.0174. The molecule has 0 aromatic carbocycles. The van der Waals surface area contributed by atoms with Crippen LogP contribution in [0.4, 0.5) is 4.79 Å². The molecule has 3 heterocycles. The molecule has 3 rings (SSSR count). The van der Waals surface area contributed by atoms with Gasteiger partial charge in [0.15, 0.2) is 18.2 Å². The number of nitrogens with zero attached hydrogens (tertiary/aromatic N) is 1. The fourth-order valence-electron chi connectivity index (χ4n) is 6.20. The Kier molecular flexibility index (Phi) is 17.8. The van der Waals surface area contributed by atoms with Crippen molar-refractivity contribution < 1.29 is 48.8 Å². The Bertz CT molecular complexity index is 1260. The van der Waals surface area contributed by atoms with Gasteiger partial charge in [-0.25, -0.2) is 9.79 Å². The van der Waals surface area contributed by atoms with Gasteiger partial charge in [0, 0.05) is 57.0 Å². The van der Waals surface area contributed by atoms with Gasteiger partial charge in [0.25, 0.3) is 0 Å². The highest BCUT2D eigenvalue weighted by Crippen LogP contribution is 2.22. The zero-order valence-electron chi connectivity index (χ0n) is 29.8. The number of nitrogens with one attached hydrogen (secondary N) is 6. The second-order valence-electron chi connectivity index (χ2n) is 13.7. The summed E-state index contributed by atoms with van der Waals surface area (Å²) in [6.07, 6.45) is -4.28. The van der Waals surface area contributed by atoms with E-state index in [0.29, 0.717) is 51.7 Å². The number of amides is 5. The highest BCUT2D eigenvalue weighted by atomic mass is 16.6. The van der Waals surface area contributed by atoms with Crippen LogP contribution in [-0.4, -0.2) is 151 Å². The van der Waals surface area contributed by atoms with Crippen LogP contribution in [0.25, 0.3) is 0 Å². The number of aliphatic hydroxyl groups excluding tert-OH is 3. The Labute approximate surface area is 307 Å². The van der Waals surface area contributed by atoms with Crippen molar-refractivity contribution in [2.24, 2.45) is 33.7 Å². The average molecular weight is 759 g/mol. The first kappa shape index (κ1) is 43.5. The lowest BCUT2D eigenvalue weighted by Crippen LogP contribution is -2.69. The Balaban J connectivity index is 1.40. The third-order valence-corrected chi connectivity index (χ3v) is 9.09. The van der Waals surface area contributed by atoms with Crippen LogP contribution in [0.5, 0.6) is 0 Å². The first-order valence-corrected chi connectivity index (χ1v) is 18.0. The van der Waals surface area contributed by atoms with E-state index in [2.05, 4.69) is 36.9 Å². The van der Waals surface area contributed by atoms with Crippen LogP contribution >= 0.6 is 0 Å². The van der Waals surface area contributed by atoms with Gasteiger partial charge in [-0.2, -0.15) is 0 Å². The lowest BCUT2D eigenvalue weighted by Gasteiger charge is -2.43. The summed E-state index contributed by atoms with van der Waals surface area (Å²) in [5.74, 6) is -1.34. The number of guanidine groups is 1. The van der Waals surface area contributed by atoms with Crippen molar-refractivity contribution in [1.82, 2.24) is 31.9 Å². The van der Waals surface area contributed by atoms with Gasteiger partial charge in [-0.3, -0.25) is 19.2 Å². The standard InChI is InChI=1S/C31H58N12O10/c32-7-1-4-15(33)10-20(45)37-8-2-5-16(34)11-21(46)38-9-3-6-17(35)12-22(47)40-25-27(49)26(48)19(14-52-30(36)51)53-29(25)43-31-41-23-18(44)13-39-28(50)24(23)42-31/h15-19,23-27,29,44,48-49H,1-14,32-35H2,(H2,36,51)(H,37,45)(H,38,46)(H,39,50)(H,40,47)(H2,41,42,43). The number of nitrogens with two attached hydrogens (primary N) is 5. The fraction of sp³-hybridized carbons (Fsp3) is 0.806. The molecule has 11 unspecified atom stereocenters. The third-order valence-electron chi connectivity index (χ3n) is 9.09. The predicted octanol–water partition coefficient (Wildman–Crippen LogP) is -6.53. The van der Waals surface area contributed by atoms with Crippen molar-refractivity contribution >= 4 is 35.7 Å². The summed E-state index contributed by atoms with van der Waals surface area (Å²) in [5, 5.41) is 48.5. The molecule has 11 atom stereocenters. The predicted molar refractivity (Wildman–Crippen MR) is 189 cm³/mol. The number of piperidine rings is 1. The number of ether oxygens (including phenoxy) is 2. The van der Waals surface area contributed by atoms with Gasteiger partial charge < -0.3 is 85.4 Å². The Morgan fingerprint density at radius 1 is 0.887 bits per heavy atom. The summed E-state index contributed by atoms with van der Waals surface area (Å²) in [6, 6.07) is -4.21. The number of rotatable bonds is 21. The highest BCUT2D eigenvalue weighted by Gasteiger charge is 2.48. The van der Waals surface area contributed by atoms with Gasteiger partial charge in [-0.1, -0.05) is 0 Å². The minimum atomic E-state index is -1.63. The Morgan fingerprint density at radius 3 is 2.00 bits per heavy atom. The molecule has 0 radical (unpaired) electrons. The molecule has 53 heavy (non-hydrogen) atoms. The van der Waals surface area contributed by atoms with Crippen LogP contribution in [0.15, 0.2) is 4.99 Å². The molecule has 19 N–H and O–H groups in total. The molecule has 2 fully saturated rings. The molecular formula is C31H58N12O10. The zero-order chi connectivity index (χ0) is 39.1. The molecular weight excluding hydrogens is 700 g/mol. The number of hydrogen-bond acceptors (Lipinski definition) is 17. The number of carbonyl (C=O) groups is 5. The largest absolute Gasteiger partial charge is 0.447 e. The molecule has 22 heteroatoms.